The van der Waals surface area contributed by atoms with E-state index in [0.717, 1.165) is 15.6 Å². The molecular formula is C20H24N2O4S. The van der Waals surface area contributed by atoms with Crippen molar-refractivity contribution in [3.63, 3.8) is 0 Å². The van der Waals surface area contributed by atoms with Gasteiger partial charge in [-0.15, -0.1) is 0 Å². The zero-order chi connectivity index (χ0) is 19.7. The van der Waals surface area contributed by atoms with Gasteiger partial charge in [-0.3, -0.25) is 4.79 Å². The van der Waals surface area contributed by atoms with Gasteiger partial charge >= 0.3 is 0 Å². The smallest absolute Gasteiger partial charge is 0.243 e. The van der Waals surface area contributed by atoms with E-state index in [-0.39, 0.29) is 23.4 Å². The molecule has 7 heteroatoms. The van der Waals surface area contributed by atoms with Crippen LogP contribution in [0.2, 0.25) is 0 Å². The van der Waals surface area contributed by atoms with Gasteiger partial charge in [0.15, 0.2) is 0 Å². The zero-order valence-electron chi connectivity index (χ0n) is 15.7. The van der Waals surface area contributed by atoms with Gasteiger partial charge in [0.05, 0.1) is 17.5 Å². The predicted octanol–water partition coefficient (Wildman–Crippen LogP) is 2.73. The second-order valence-electron chi connectivity index (χ2n) is 7.30. The van der Waals surface area contributed by atoms with Crippen molar-refractivity contribution in [2.24, 2.45) is 0 Å². The van der Waals surface area contributed by atoms with Crippen molar-refractivity contribution >= 4 is 15.9 Å². The molecule has 0 saturated carbocycles. The first-order chi connectivity index (χ1) is 12.7. The first-order valence-corrected chi connectivity index (χ1v) is 10.2. The number of sulfonamides is 1. The lowest BCUT2D eigenvalue weighted by atomic mass is 9.89. The minimum absolute atomic E-state index is 0.165. The summed E-state index contributed by atoms with van der Waals surface area (Å²) >= 11 is 0. The van der Waals surface area contributed by atoms with Crippen molar-refractivity contribution in [2.45, 2.75) is 36.8 Å². The summed E-state index contributed by atoms with van der Waals surface area (Å²) in [5.74, 6) is 0.388. The van der Waals surface area contributed by atoms with E-state index < -0.39 is 15.6 Å². The molecule has 3 rings (SSSR count). The van der Waals surface area contributed by atoms with Crippen LogP contribution in [0, 0.1) is 0 Å². The van der Waals surface area contributed by atoms with Crippen molar-refractivity contribution in [3.05, 3.63) is 60.2 Å². The summed E-state index contributed by atoms with van der Waals surface area (Å²) in [6, 6.07) is 15.4. The molecule has 0 unspecified atom stereocenters. The van der Waals surface area contributed by atoms with Gasteiger partial charge in [0.1, 0.15) is 11.4 Å². The maximum absolute atomic E-state index is 12.6. The van der Waals surface area contributed by atoms with Crippen LogP contribution in [0.3, 0.4) is 0 Å². The molecule has 1 N–H and O–H groups in total. The fourth-order valence-corrected chi connectivity index (χ4v) is 4.38. The molecular weight excluding hydrogens is 364 g/mol. The summed E-state index contributed by atoms with van der Waals surface area (Å²) in [6.07, 6.45) is 0.602. The Morgan fingerprint density at radius 3 is 2.48 bits per heavy atom. The van der Waals surface area contributed by atoms with Gasteiger partial charge in [-0.25, -0.2) is 8.42 Å². The minimum Gasteiger partial charge on any atom is -0.487 e. The number of hydrogen-bond donors (Lipinski definition) is 1. The first kappa shape index (κ1) is 19.4. The van der Waals surface area contributed by atoms with Crippen LogP contribution in [-0.2, 0) is 14.8 Å². The van der Waals surface area contributed by atoms with E-state index in [2.05, 4.69) is 5.32 Å². The second kappa shape index (κ2) is 7.32. The van der Waals surface area contributed by atoms with Crippen molar-refractivity contribution in [1.82, 2.24) is 9.62 Å². The number of para-hydroxylation sites is 1. The average Bonchev–Trinajstić information content (AvgIpc) is 2.61. The van der Waals surface area contributed by atoms with Gasteiger partial charge in [-0.2, -0.15) is 4.31 Å². The quantitative estimate of drug-likeness (QED) is 0.855. The van der Waals surface area contributed by atoms with Crippen LogP contribution in [-0.4, -0.2) is 37.8 Å². The number of fused-ring (bicyclic) bond motifs is 1. The zero-order valence-corrected chi connectivity index (χ0v) is 16.5. The predicted molar refractivity (Wildman–Crippen MR) is 103 cm³/mol. The number of likely N-dealkylation sites (N-methyl/N-ethyl adjacent to an activating group) is 1. The first-order valence-electron chi connectivity index (χ1n) is 8.78. The molecule has 0 saturated heterocycles. The van der Waals surface area contributed by atoms with Crippen molar-refractivity contribution in [3.8, 4) is 5.75 Å². The number of carbonyl (C=O) groups is 1. The number of hydrogen-bond acceptors (Lipinski definition) is 4. The van der Waals surface area contributed by atoms with Crippen LogP contribution in [0.25, 0.3) is 0 Å². The monoisotopic (exact) mass is 388 g/mol. The Hall–Kier alpha value is -2.38. The highest BCUT2D eigenvalue weighted by atomic mass is 32.2. The Bertz CT molecular complexity index is 926. The molecule has 1 aliphatic heterocycles. The summed E-state index contributed by atoms with van der Waals surface area (Å²) < 4.78 is 32.2. The maximum Gasteiger partial charge on any atom is 0.243 e. The molecule has 0 aliphatic carbocycles. The third-order valence-corrected chi connectivity index (χ3v) is 6.35. The van der Waals surface area contributed by atoms with E-state index in [0.29, 0.717) is 6.42 Å². The normalized spacial score (nSPS) is 18.4. The van der Waals surface area contributed by atoms with Gasteiger partial charge in [-0.05, 0) is 32.0 Å². The SMILES string of the molecule is CN(CC(=O)N[C@@H]1CC(C)(C)Oc2ccccc21)S(=O)(=O)c1ccccc1. The Morgan fingerprint density at radius 2 is 1.78 bits per heavy atom. The molecule has 0 fully saturated rings. The lowest BCUT2D eigenvalue weighted by molar-refractivity contribution is -0.122. The summed E-state index contributed by atoms with van der Waals surface area (Å²) in [4.78, 5) is 12.7. The molecule has 27 heavy (non-hydrogen) atoms. The van der Waals surface area contributed by atoms with E-state index in [1.54, 1.807) is 18.2 Å². The lowest BCUT2D eigenvalue weighted by Crippen LogP contribution is -2.44. The number of rotatable bonds is 5. The average molecular weight is 388 g/mol. The lowest BCUT2D eigenvalue weighted by Gasteiger charge is -2.38. The van der Waals surface area contributed by atoms with Crippen LogP contribution in [0.4, 0.5) is 0 Å². The molecule has 0 bridgehead atoms. The van der Waals surface area contributed by atoms with Gasteiger partial charge in [0.2, 0.25) is 15.9 Å². The molecule has 1 atom stereocenters. The minimum atomic E-state index is -3.71. The number of carbonyl (C=O) groups excluding carboxylic acids is 1. The summed E-state index contributed by atoms with van der Waals surface area (Å²) in [5.41, 5.74) is 0.479. The Morgan fingerprint density at radius 1 is 1.15 bits per heavy atom. The Labute approximate surface area is 160 Å². The summed E-state index contributed by atoms with van der Waals surface area (Å²) in [6.45, 7) is 3.68. The van der Waals surface area contributed by atoms with Gasteiger partial charge in [0.25, 0.3) is 0 Å². The molecule has 0 aromatic heterocycles. The fraction of sp³-hybridized carbons (Fsp3) is 0.350. The van der Waals surface area contributed by atoms with Crippen LogP contribution >= 0.6 is 0 Å². The van der Waals surface area contributed by atoms with Crippen LogP contribution in [0.1, 0.15) is 31.9 Å². The molecule has 1 heterocycles. The van der Waals surface area contributed by atoms with Crippen molar-refractivity contribution in [1.29, 1.82) is 0 Å². The van der Waals surface area contributed by atoms with E-state index in [4.69, 9.17) is 4.74 Å². The van der Waals surface area contributed by atoms with Crippen molar-refractivity contribution < 1.29 is 17.9 Å². The Balaban J connectivity index is 1.73. The molecule has 2 aromatic rings. The standard InChI is InChI=1S/C20H24N2O4S/c1-20(2)13-17(16-11-7-8-12-18(16)26-20)21-19(23)14-22(3)27(24,25)15-9-5-4-6-10-15/h4-12,17H,13-14H2,1-3H3,(H,21,23)/t17-/m1/s1. The Kier molecular flexibility index (Phi) is 5.26. The van der Waals surface area contributed by atoms with E-state index in [1.807, 2.05) is 38.1 Å². The van der Waals surface area contributed by atoms with Gasteiger partial charge < -0.3 is 10.1 Å². The molecule has 1 aliphatic rings. The van der Waals surface area contributed by atoms with Gasteiger partial charge in [-0.1, -0.05) is 36.4 Å². The summed E-state index contributed by atoms with van der Waals surface area (Å²) in [7, 11) is -2.30. The largest absolute Gasteiger partial charge is 0.487 e. The highest BCUT2D eigenvalue weighted by molar-refractivity contribution is 7.89. The molecule has 2 aromatic carbocycles. The molecule has 1 amide bonds. The van der Waals surface area contributed by atoms with E-state index in [1.165, 1.54) is 19.2 Å². The fourth-order valence-electron chi connectivity index (χ4n) is 3.23. The second-order valence-corrected chi connectivity index (χ2v) is 9.34. The number of ether oxygens (including phenoxy) is 1. The highest BCUT2D eigenvalue weighted by Gasteiger charge is 2.34. The third-order valence-electron chi connectivity index (χ3n) is 4.53. The third kappa shape index (κ3) is 4.31. The van der Waals surface area contributed by atoms with Crippen molar-refractivity contribution in [2.75, 3.05) is 13.6 Å². The maximum atomic E-state index is 12.6. The van der Waals surface area contributed by atoms with Gasteiger partial charge in [0, 0.05) is 19.0 Å². The van der Waals surface area contributed by atoms with E-state index >= 15 is 0 Å². The summed E-state index contributed by atoms with van der Waals surface area (Å²) in [5, 5.41) is 2.96. The van der Waals surface area contributed by atoms with Crippen LogP contribution in [0.5, 0.6) is 5.75 Å². The molecule has 0 spiro atoms. The number of nitrogens with one attached hydrogen (secondary N) is 1. The van der Waals surface area contributed by atoms with E-state index in [9.17, 15) is 13.2 Å². The molecule has 0 radical (unpaired) electrons. The number of amides is 1. The number of benzene rings is 2. The van der Waals surface area contributed by atoms with Crippen LogP contribution in [0.15, 0.2) is 59.5 Å². The molecule has 144 valence electrons. The number of nitrogens with zero attached hydrogens (tertiary/aromatic N) is 1. The topological polar surface area (TPSA) is 75.7 Å². The van der Waals surface area contributed by atoms with Crippen LogP contribution < -0.4 is 10.1 Å². The molecule has 6 nitrogen and oxygen atoms in total. The highest BCUT2D eigenvalue weighted by Crippen LogP contribution is 2.39.